The monoisotopic (exact) mass is 396 g/mol. The highest BCUT2D eigenvalue weighted by molar-refractivity contribution is 8.13. The van der Waals surface area contributed by atoms with Crippen molar-refractivity contribution in [3.05, 3.63) is 0 Å². The molecule has 1 saturated heterocycles. The summed E-state index contributed by atoms with van der Waals surface area (Å²) < 4.78 is 27.0. The molecule has 0 radical (unpaired) electrons. The number of nitrogens with one attached hydrogen (secondary N) is 2. The van der Waals surface area contributed by atoms with E-state index in [1.165, 1.54) is 14.0 Å². The number of hydrogen-bond acceptors (Lipinski definition) is 8. The summed E-state index contributed by atoms with van der Waals surface area (Å²) in [5, 5.41) is 5.24. The summed E-state index contributed by atoms with van der Waals surface area (Å²) in [7, 11) is -2.55. The molecule has 0 spiro atoms. The van der Waals surface area contributed by atoms with Gasteiger partial charge in [-0.2, -0.15) is 0 Å². The maximum Gasteiger partial charge on any atom is 0.475 e. The van der Waals surface area contributed by atoms with Crippen LogP contribution in [0.15, 0.2) is 0 Å². The third-order valence-electron chi connectivity index (χ3n) is 3.38. The summed E-state index contributed by atoms with van der Waals surface area (Å²) in [5.74, 6) is -0.214. The first-order valence-corrected chi connectivity index (χ1v) is 10.2. The second-order valence-corrected chi connectivity index (χ2v) is 9.11. The van der Waals surface area contributed by atoms with Gasteiger partial charge in [0, 0.05) is 44.7 Å². The van der Waals surface area contributed by atoms with Crippen LogP contribution >= 0.6 is 19.6 Å². The van der Waals surface area contributed by atoms with E-state index in [0.29, 0.717) is 12.3 Å². The first-order chi connectivity index (χ1) is 11.6. The maximum absolute atomic E-state index is 12.3. The smallest absolute Gasteiger partial charge is 0.355 e. The molecule has 1 rings (SSSR count). The number of phosphoric acid groups is 1. The first-order valence-electron chi connectivity index (χ1n) is 7.76. The average Bonchev–Trinajstić information content (AvgIpc) is 2.54. The van der Waals surface area contributed by atoms with Crippen LogP contribution in [0.3, 0.4) is 0 Å². The zero-order valence-corrected chi connectivity index (χ0v) is 16.5. The molecule has 1 heterocycles. The Labute approximate surface area is 151 Å². The fraction of sp³-hybridized carbons (Fsp3) is 0.786. The lowest BCUT2D eigenvalue weighted by Crippen LogP contribution is -2.50. The van der Waals surface area contributed by atoms with E-state index in [-0.39, 0.29) is 30.6 Å². The highest BCUT2D eigenvalue weighted by atomic mass is 32.2. The molecule has 1 aliphatic rings. The van der Waals surface area contributed by atoms with Crippen molar-refractivity contribution in [2.75, 3.05) is 32.6 Å². The number of phosphoric ester groups is 1. The van der Waals surface area contributed by atoms with Crippen LogP contribution in [-0.2, 0) is 32.5 Å². The van der Waals surface area contributed by atoms with Crippen molar-refractivity contribution in [2.24, 2.45) is 5.41 Å². The molecule has 25 heavy (non-hydrogen) atoms. The molecule has 0 aromatic carbocycles. The van der Waals surface area contributed by atoms with Crippen molar-refractivity contribution >= 4 is 36.5 Å². The number of carbonyl (C=O) groups excluding carboxylic acids is 3. The SMILES string of the molecule is COP1(=O)OCC(C)(C)[C@H](C(=O)NCCC(=O)NCCSC(C)=O)O1. The van der Waals surface area contributed by atoms with Gasteiger partial charge in [-0.15, -0.1) is 0 Å². The molecular weight excluding hydrogens is 371 g/mol. The summed E-state index contributed by atoms with van der Waals surface area (Å²) >= 11 is 1.13. The topological polar surface area (TPSA) is 120 Å². The fourth-order valence-corrected chi connectivity index (χ4v) is 3.86. The van der Waals surface area contributed by atoms with E-state index >= 15 is 0 Å². The van der Waals surface area contributed by atoms with Crippen LogP contribution in [0.5, 0.6) is 0 Å². The summed E-state index contributed by atoms with van der Waals surface area (Å²) in [6.07, 6.45) is -0.927. The molecule has 0 bridgehead atoms. The summed E-state index contributed by atoms with van der Waals surface area (Å²) in [4.78, 5) is 34.7. The van der Waals surface area contributed by atoms with Gasteiger partial charge >= 0.3 is 7.82 Å². The highest BCUT2D eigenvalue weighted by Crippen LogP contribution is 2.56. The van der Waals surface area contributed by atoms with Gasteiger partial charge in [0.15, 0.2) is 11.2 Å². The maximum atomic E-state index is 12.3. The summed E-state index contributed by atoms with van der Waals surface area (Å²) in [6, 6.07) is 0. The van der Waals surface area contributed by atoms with E-state index in [2.05, 4.69) is 10.6 Å². The molecule has 9 nitrogen and oxygen atoms in total. The minimum Gasteiger partial charge on any atom is -0.355 e. The Balaban J connectivity index is 2.38. The molecule has 11 heteroatoms. The van der Waals surface area contributed by atoms with Gasteiger partial charge in [0.25, 0.3) is 0 Å². The molecule has 1 aliphatic heterocycles. The van der Waals surface area contributed by atoms with Crippen molar-refractivity contribution in [1.82, 2.24) is 10.6 Å². The van der Waals surface area contributed by atoms with Crippen molar-refractivity contribution in [3.63, 3.8) is 0 Å². The van der Waals surface area contributed by atoms with Crippen molar-refractivity contribution in [3.8, 4) is 0 Å². The summed E-state index contributed by atoms with van der Waals surface area (Å²) in [5.41, 5.74) is -0.692. The molecule has 1 unspecified atom stereocenters. The summed E-state index contributed by atoms with van der Waals surface area (Å²) in [6.45, 7) is 5.49. The average molecular weight is 396 g/mol. The zero-order valence-electron chi connectivity index (χ0n) is 14.8. The predicted molar refractivity (Wildman–Crippen MR) is 93.0 cm³/mol. The first kappa shape index (κ1) is 22.1. The lowest BCUT2D eigenvalue weighted by atomic mass is 9.87. The number of thioether (sulfide) groups is 1. The van der Waals surface area contributed by atoms with Crippen LogP contribution < -0.4 is 10.6 Å². The predicted octanol–water partition coefficient (Wildman–Crippen LogP) is 1.08. The van der Waals surface area contributed by atoms with Gasteiger partial charge in [0.05, 0.1) is 6.61 Å². The molecule has 2 amide bonds. The second-order valence-electron chi connectivity index (χ2n) is 6.11. The number of hydrogen-bond donors (Lipinski definition) is 2. The van der Waals surface area contributed by atoms with E-state index in [1.807, 2.05) is 0 Å². The van der Waals surface area contributed by atoms with E-state index in [4.69, 9.17) is 13.6 Å². The van der Waals surface area contributed by atoms with Gasteiger partial charge < -0.3 is 10.6 Å². The lowest BCUT2D eigenvalue weighted by Gasteiger charge is -2.39. The second kappa shape index (κ2) is 9.68. The van der Waals surface area contributed by atoms with E-state index in [1.54, 1.807) is 13.8 Å². The van der Waals surface area contributed by atoms with Crippen LogP contribution in [0.25, 0.3) is 0 Å². The minimum atomic E-state index is -3.73. The van der Waals surface area contributed by atoms with Gasteiger partial charge in [-0.25, -0.2) is 4.57 Å². The molecule has 0 saturated carbocycles. The normalized spacial score (nSPS) is 25.2. The lowest BCUT2D eigenvalue weighted by molar-refractivity contribution is -0.141. The van der Waals surface area contributed by atoms with Gasteiger partial charge in [0.2, 0.25) is 11.8 Å². The highest BCUT2D eigenvalue weighted by Gasteiger charge is 2.48. The van der Waals surface area contributed by atoms with Gasteiger partial charge in [-0.05, 0) is 0 Å². The van der Waals surface area contributed by atoms with E-state index in [9.17, 15) is 18.9 Å². The Bertz CT molecular complexity index is 555. The Morgan fingerprint density at radius 3 is 2.56 bits per heavy atom. The molecule has 0 aromatic rings. The molecule has 2 atom stereocenters. The quantitative estimate of drug-likeness (QED) is 0.462. The van der Waals surface area contributed by atoms with E-state index in [0.717, 1.165) is 11.8 Å². The number of carbonyl (C=O) groups is 3. The molecular formula is C14H25N2O7PS. The van der Waals surface area contributed by atoms with Crippen LogP contribution in [0.4, 0.5) is 0 Å². The number of rotatable bonds is 8. The van der Waals surface area contributed by atoms with Crippen molar-refractivity contribution < 1.29 is 32.5 Å². The third kappa shape index (κ3) is 7.45. The molecule has 1 fully saturated rings. The van der Waals surface area contributed by atoms with Crippen molar-refractivity contribution in [2.45, 2.75) is 33.3 Å². The fourth-order valence-electron chi connectivity index (χ4n) is 1.99. The largest absolute Gasteiger partial charge is 0.475 e. The van der Waals surface area contributed by atoms with Crippen LogP contribution in [0.2, 0.25) is 0 Å². The third-order valence-corrected chi connectivity index (χ3v) is 5.56. The minimum absolute atomic E-state index is 0.00561. The Morgan fingerprint density at radius 2 is 1.96 bits per heavy atom. The van der Waals surface area contributed by atoms with Crippen LogP contribution in [0.1, 0.15) is 27.2 Å². The Morgan fingerprint density at radius 1 is 1.28 bits per heavy atom. The van der Waals surface area contributed by atoms with Crippen molar-refractivity contribution in [1.29, 1.82) is 0 Å². The van der Waals surface area contributed by atoms with Crippen LogP contribution in [0, 0.1) is 5.41 Å². The molecule has 0 aliphatic carbocycles. The zero-order chi connectivity index (χ0) is 19.1. The van der Waals surface area contributed by atoms with Gasteiger partial charge in [0.1, 0.15) is 0 Å². The standard InChI is InChI=1S/C14H25N2O7PS/c1-10(17)25-8-7-15-11(18)5-6-16-13(19)12-14(2,3)9-22-24(20,21-4)23-12/h12H,5-9H2,1-4H3,(H,15,18)(H,16,19)/t12-,24?/m0/s1. The van der Waals surface area contributed by atoms with Gasteiger partial charge in [-0.3, -0.25) is 28.0 Å². The molecule has 144 valence electrons. The number of amides is 2. The van der Waals surface area contributed by atoms with Crippen LogP contribution in [-0.4, -0.2) is 55.6 Å². The Kier molecular flexibility index (Phi) is 8.56. The molecule has 2 N–H and O–H groups in total. The Hall–Kier alpha value is -0.930. The van der Waals surface area contributed by atoms with Gasteiger partial charge in [-0.1, -0.05) is 25.6 Å². The van der Waals surface area contributed by atoms with E-state index < -0.39 is 25.2 Å². The molecule has 0 aromatic heterocycles.